The molecule has 0 saturated carbocycles. The number of benzene rings is 1. The van der Waals surface area contributed by atoms with Crippen molar-refractivity contribution in [3.63, 3.8) is 0 Å². The Morgan fingerprint density at radius 3 is 2.50 bits per heavy atom. The van der Waals surface area contributed by atoms with Crippen LogP contribution in [0.1, 0.15) is 31.2 Å². The molecule has 9 heteroatoms. The SMILES string of the molecule is COc1ccc(NS(=O)(=O)c2ccc(-c3nnc(C(C)C)o3)o2)c(C)c1. The Labute approximate surface area is 151 Å². The first kappa shape index (κ1) is 18.0. The minimum atomic E-state index is -3.90. The van der Waals surface area contributed by atoms with Gasteiger partial charge < -0.3 is 13.6 Å². The summed E-state index contributed by atoms with van der Waals surface area (Å²) in [4.78, 5) is 0. The number of hydrogen-bond acceptors (Lipinski definition) is 7. The molecule has 1 N–H and O–H groups in total. The maximum Gasteiger partial charge on any atom is 0.295 e. The van der Waals surface area contributed by atoms with E-state index < -0.39 is 10.0 Å². The van der Waals surface area contributed by atoms with Gasteiger partial charge >= 0.3 is 0 Å². The van der Waals surface area contributed by atoms with E-state index in [2.05, 4.69) is 14.9 Å². The third-order valence-electron chi connectivity index (χ3n) is 3.67. The number of anilines is 1. The average molecular weight is 377 g/mol. The number of methoxy groups -OCH3 is 1. The first-order valence-electron chi connectivity index (χ1n) is 7.91. The predicted molar refractivity (Wildman–Crippen MR) is 94.6 cm³/mol. The lowest BCUT2D eigenvalue weighted by molar-refractivity contribution is 0.414. The maximum absolute atomic E-state index is 12.6. The molecule has 1 aromatic carbocycles. The molecule has 8 nitrogen and oxygen atoms in total. The Kier molecular flexibility index (Phi) is 4.73. The van der Waals surface area contributed by atoms with E-state index in [0.717, 1.165) is 5.56 Å². The van der Waals surface area contributed by atoms with Crippen LogP contribution in [0, 0.1) is 6.92 Å². The second kappa shape index (κ2) is 6.83. The molecule has 3 aromatic rings. The zero-order valence-electron chi connectivity index (χ0n) is 14.8. The Morgan fingerprint density at radius 1 is 1.12 bits per heavy atom. The van der Waals surface area contributed by atoms with Gasteiger partial charge in [0, 0.05) is 5.92 Å². The number of sulfonamides is 1. The van der Waals surface area contributed by atoms with Crippen molar-refractivity contribution in [2.75, 3.05) is 11.8 Å². The van der Waals surface area contributed by atoms with Gasteiger partial charge in [-0.25, -0.2) is 0 Å². The van der Waals surface area contributed by atoms with Gasteiger partial charge in [0.15, 0.2) is 5.76 Å². The largest absolute Gasteiger partial charge is 0.497 e. The Balaban J connectivity index is 1.85. The van der Waals surface area contributed by atoms with E-state index in [1.165, 1.54) is 12.1 Å². The van der Waals surface area contributed by atoms with Crippen molar-refractivity contribution >= 4 is 15.7 Å². The van der Waals surface area contributed by atoms with Crippen LogP contribution in [0.25, 0.3) is 11.7 Å². The quantitative estimate of drug-likeness (QED) is 0.699. The Morgan fingerprint density at radius 2 is 1.88 bits per heavy atom. The Hall–Kier alpha value is -2.81. The predicted octanol–water partition coefficient (Wildman–Crippen LogP) is 3.57. The minimum absolute atomic E-state index is 0.0640. The summed E-state index contributed by atoms with van der Waals surface area (Å²) < 4.78 is 43.6. The number of hydrogen-bond donors (Lipinski definition) is 1. The highest BCUT2D eigenvalue weighted by molar-refractivity contribution is 7.92. The van der Waals surface area contributed by atoms with E-state index in [1.54, 1.807) is 32.2 Å². The van der Waals surface area contributed by atoms with E-state index in [0.29, 0.717) is 17.3 Å². The van der Waals surface area contributed by atoms with E-state index in [9.17, 15) is 8.42 Å². The fourth-order valence-electron chi connectivity index (χ4n) is 2.22. The van der Waals surface area contributed by atoms with E-state index >= 15 is 0 Å². The smallest absolute Gasteiger partial charge is 0.295 e. The topological polar surface area (TPSA) is 107 Å². The van der Waals surface area contributed by atoms with Crippen LogP contribution in [0.15, 0.2) is 44.3 Å². The van der Waals surface area contributed by atoms with Gasteiger partial charge in [-0.3, -0.25) is 4.72 Å². The average Bonchev–Trinajstić information content (AvgIpc) is 3.25. The van der Waals surface area contributed by atoms with Crippen LogP contribution in [0.4, 0.5) is 5.69 Å². The van der Waals surface area contributed by atoms with Crippen LogP contribution in [-0.4, -0.2) is 25.7 Å². The van der Waals surface area contributed by atoms with Crippen LogP contribution in [0.5, 0.6) is 5.75 Å². The second-order valence-corrected chi connectivity index (χ2v) is 7.62. The minimum Gasteiger partial charge on any atom is -0.497 e. The molecule has 0 fully saturated rings. The summed E-state index contributed by atoms with van der Waals surface area (Å²) in [6, 6.07) is 7.85. The summed E-state index contributed by atoms with van der Waals surface area (Å²) in [7, 11) is -2.35. The molecule has 0 amide bonds. The first-order valence-corrected chi connectivity index (χ1v) is 9.39. The second-order valence-electron chi connectivity index (χ2n) is 6.01. The van der Waals surface area contributed by atoms with Crippen molar-refractivity contribution < 1.29 is 22.0 Å². The number of nitrogens with zero attached hydrogens (tertiary/aromatic N) is 2. The van der Waals surface area contributed by atoms with Crippen LogP contribution >= 0.6 is 0 Å². The van der Waals surface area contributed by atoms with Gasteiger partial charge in [0.1, 0.15) is 5.75 Å². The van der Waals surface area contributed by atoms with E-state index in [4.69, 9.17) is 13.6 Å². The van der Waals surface area contributed by atoms with Gasteiger partial charge in [0.2, 0.25) is 11.0 Å². The lowest BCUT2D eigenvalue weighted by Crippen LogP contribution is -2.13. The fraction of sp³-hybridized carbons (Fsp3) is 0.294. The summed E-state index contributed by atoms with van der Waals surface area (Å²) in [6.07, 6.45) is 0. The molecule has 138 valence electrons. The van der Waals surface area contributed by atoms with Crippen molar-refractivity contribution in [3.05, 3.63) is 41.8 Å². The summed E-state index contributed by atoms with van der Waals surface area (Å²) >= 11 is 0. The van der Waals surface area contributed by atoms with Crippen LogP contribution < -0.4 is 9.46 Å². The summed E-state index contributed by atoms with van der Waals surface area (Å²) in [6.45, 7) is 5.60. The van der Waals surface area contributed by atoms with Gasteiger partial charge in [-0.2, -0.15) is 8.42 Å². The lowest BCUT2D eigenvalue weighted by atomic mass is 10.2. The molecule has 2 heterocycles. The maximum atomic E-state index is 12.6. The van der Waals surface area contributed by atoms with Gasteiger partial charge in [-0.15, -0.1) is 10.2 Å². The molecule has 3 rings (SSSR count). The van der Waals surface area contributed by atoms with Gasteiger partial charge in [-0.1, -0.05) is 13.8 Å². The van der Waals surface area contributed by atoms with Crippen molar-refractivity contribution in [2.24, 2.45) is 0 Å². The normalized spacial score (nSPS) is 11.7. The molecule has 0 saturated heterocycles. The standard InChI is InChI=1S/C17H19N3O5S/c1-10(2)16-18-19-17(25-16)14-7-8-15(24-14)26(21,22)20-13-6-5-12(23-4)9-11(13)3/h5-10,20H,1-4H3. The van der Waals surface area contributed by atoms with Crippen molar-refractivity contribution in [1.29, 1.82) is 0 Å². The number of nitrogens with one attached hydrogen (secondary N) is 1. The molecule has 0 bridgehead atoms. The molecule has 0 atom stereocenters. The molecule has 0 radical (unpaired) electrons. The third-order valence-corrected chi connectivity index (χ3v) is 4.91. The first-order chi connectivity index (χ1) is 12.3. The molecule has 0 spiro atoms. The number of rotatable bonds is 6. The highest BCUT2D eigenvalue weighted by Crippen LogP contribution is 2.28. The molecule has 0 aliphatic carbocycles. The summed E-state index contributed by atoms with van der Waals surface area (Å²) in [5.74, 6) is 1.48. The van der Waals surface area contributed by atoms with Crippen molar-refractivity contribution in [1.82, 2.24) is 10.2 Å². The molecule has 26 heavy (non-hydrogen) atoms. The number of ether oxygens (including phenoxy) is 1. The van der Waals surface area contributed by atoms with E-state index in [1.807, 2.05) is 13.8 Å². The monoisotopic (exact) mass is 377 g/mol. The van der Waals surface area contributed by atoms with Crippen molar-refractivity contribution in [2.45, 2.75) is 31.8 Å². The molecule has 0 aliphatic rings. The molecule has 0 unspecified atom stereocenters. The van der Waals surface area contributed by atoms with E-state index in [-0.39, 0.29) is 22.7 Å². The fourth-order valence-corrected chi connectivity index (χ4v) is 3.29. The number of aromatic nitrogens is 2. The van der Waals surface area contributed by atoms with Crippen LogP contribution in [0.2, 0.25) is 0 Å². The summed E-state index contributed by atoms with van der Waals surface area (Å²) in [5, 5.41) is 7.54. The number of furan rings is 1. The van der Waals surface area contributed by atoms with Crippen LogP contribution in [-0.2, 0) is 10.0 Å². The third kappa shape index (κ3) is 3.57. The Bertz CT molecular complexity index is 1020. The zero-order chi connectivity index (χ0) is 18.9. The molecular formula is C17H19N3O5S. The molecular weight excluding hydrogens is 358 g/mol. The van der Waals surface area contributed by atoms with Gasteiger partial charge in [0.05, 0.1) is 12.8 Å². The molecule has 2 aromatic heterocycles. The number of aryl methyl sites for hydroxylation is 1. The van der Waals surface area contributed by atoms with Crippen LogP contribution in [0.3, 0.4) is 0 Å². The highest BCUT2D eigenvalue weighted by Gasteiger charge is 2.22. The lowest BCUT2D eigenvalue weighted by Gasteiger charge is -2.10. The summed E-state index contributed by atoms with van der Waals surface area (Å²) in [5.41, 5.74) is 1.15. The zero-order valence-corrected chi connectivity index (χ0v) is 15.6. The van der Waals surface area contributed by atoms with Gasteiger partial charge in [-0.05, 0) is 42.8 Å². The van der Waals surface area contributed by atoms with Crippen molar-refractivity contribution in [3.8, 4) is 17.4 Å². The van der Waals surface area contributed by atoms with Gasteiger partial charge in [0.25, 0.3) is 15.9 Å². The molecule has 0 aliphatic heterocycles. The highest BCUT2D eigenvalue weighted by atomic mass is 32.2.